The SMILES string of the molecule is CCOC(=O)CS(=O)(=O)N(CC=Cc1cccc(C(=N)N)c1)c1ccc(OC2CCN(C3=NCCCC3)CC2)c(C)c1. The lowest BCUT2D eigenvalue weighted by atomic mass is 10.1. The van der Waals surface area contributed by atoms with Crippen LogP contribution < -0.4 is 14.8 Å². The highest BCUT2D eigenvalue weighted by atomic mass is 32.2. The molecule has 3 N–H and O–H groups in total. The molecule has 42 heavy (non-hydrogen) atoms. The Morgan fingerprint density at radius 3 is 2.64 bits per heavy atom. The second-order valence-electron chi connectivity index (χ2n) is 10.5. The van der Waals surface area contributed by atoms with Crippen molar-refractivity contribution in [3.63, 3.8) is 0 Å². The van der Waals surface area contributed by atoms with Crippen molar-refractivity contribution in [2.75, 3.05) is 42.8 Å². The number of nitrogen functional groups attached to an aromatic ring is 1. The van der Waals surface area contributed by atoms with Crippen molar-refractivity contribution >= 4 is 39.4 Å². The van der Waals surface area contributed by atoms with E-state index in [2.05, 4.69) is 4.90 Å². The molecule has 0 atom stereocenters. The number of esters is 1. The van der Waals surface area contributed by atoms with Crippen molar-refractivity contribution in [3.8, 4) is 5.75 Å². The lowest BCUT2D eigenvalue weighted by Gasteiger charge is -2.35. The maximum atomic E-state index is 13.4. The van der Waals surface area contributed by atoms with Crippen LogP contribution in [0, 0.1) is 12.3 Å². The summed E-state index contributed by atoms with van der Waals surface area (Å²) < 4.78 is 39.2. The Morgan fingerprint density at radius 2 is 1.98 bits per heavy atom. The summed E-state index contributed by atoms with van der Waals surface area (Å²) >= 11 is 0. The predicted octanol–water partition coefficient (Wildman–Crippen LogP) is 4.12. The third kappa shape index (κ3) is 8.34. The summed E-state index contributed by atoms with van der Waals surface area (Å²) in [7, 11) is -4.05. The van der Waals surface area contributed by atoms with Crippen molar-refractivity contribution in [1.29, 1.82) is 5.41 Å². The molecular formula is C31H41N5O5S. The molecule has 0 unspecified atom stereocenters. The predicted molar refractivity (Wildman–Crippen MR) is 167 cm³/mol. The average molecular weight is 596 g/mol. The Labute approximate surface area is 248 Å². The van der Waals surface area contributed by atoms with Gasteiger partial charge in [0.15, 0.2) is 5.75 Å². The van der Waals surface area contributed by atoms with Gasteiger partial charge < -0.3 is 20.1 Å². The summed E-state index contributed by atoms with van der Waals surface area (Å²) in [6.07, 6.45) is 8.77. The molecule has 2 heterocycles. The van der Waals surface area contributed by atoms with Crippen LogP contribution in [-0.4, -0.2) is 75.6 Å². The number of nitrogens with zero attached hydrogens (tertiary/aromatic N) is 3. The first-order chi connectivity index (χ1) is 20.2. The van der Waals surface area contributed by atoms with Gasteiger partial charge in [-0.05, 0) is 62.1 Å². The maximum absolute atomic E-state index is 13.4. The number of sulfonamides is 1. The highest BCUT2D eigenvalue weighted by Gasteiger charge is 2.27. The van der Waals surface area contributed by atoms with E-state index in [1.807, 2.05) is 13.0 Å². The quantitative estimate of drug-likeness (QED) is 0.226. The van der Waals surface area contributed by atoms with Crippen LogP contribution in [0.1, 0.15) is 55.7 Å². The summed E-state index contributed by atoms with van der Waals surface area (Å²) in [6.45, 7) is 6.38. The number of rotatable bonds is 11. The number of benzene rings is 2. The molecule has 2 aliphatic rings. The van der Waals surface area contributed by atoms with Gasteiger partial charge in [0.05, 0.1) is 24.7 Å². The van der Waals surface area contributed by atoms with Crippen LogP contribution in [0.3, 0.4) is 0 Å². The first kappa shape index (κ1) is 31.1. The Hall–Kier alpha value is -3.86. The second kappa shape index (κ2) is 14.4. The van der Waals surface area contributed by atoms with Crippen LogP contribution in [0.25, 0.3) is 6.08 Å². The number of hydrogen-bond donors (Lipinski definition) is 2. The third-order valence-electron chi connectivity index (χ3n) is 7.37. The fourth-order valence-electron chi connectivity index (χ4n) is 5.18. The lowest BCUT2D eigenvalue weighted by molar-refractivity contribution is -0.139. The Bertz CT molecular complexity index is 1430. The summed E-state index contributed by atoms with van der Waals surface area (Å²) in [5.41, 5.74) is 8.17. The highest BCUT2D eigenvalue weighted by molar-refractivity contribution is 7.93. The lowest BCUT2D eigenvalue weighted by Crippen LogP contribution is -2.42. The molecule has 0 amide bonds. The largest absolute Gasteiger partial charge is 0.490 e. The Kier molecular flexibility index (Phi) is 10.6. The van der Waals surface area contributed by atoms with Gasteiger partial charge in [0.1, 0.15) is 17.7 Å². The molecule has 10 nitrogen and oxygen atoms in total. The van der Waals surface area contributed by atoms with Crippen LogP contribution in [0.2, 0.25) is 0 Å². The average Bonchev–Trinajstić information content (AvgIpc) is 2.97. The van der Waals surface area contributed by atoms with E-state index in [1.165, 1.54) is 23.0 Å². The van der Waals surface area contributed by atoms with Gasteiger partial charge in [0, 0.05) is 44.5 Å². The number of carbonyl (C=O) groups excluding carboxylic acids is 1. The molecule has 0 saturated carbocycles. The number of likely N-dealkylation sites (tertiary alicyclic amines) is 1. The van der Waals surface area contributed by atoms with Gasteiger partial charge in [0.25, 0.3) is 0 Å². The third-order valence-corrected chi connectivity index (χ3v) is 9.00. The fraction of sp³-hybridized carbons (Fsp3) is 0.452. The first-order valence-corrected chi connectivity index (χ1v) is 16.1. The zero-order chi connectivity index (χ0) is 30.1. The number of hydrogen-bond acceptors (Lipinski definition) is 8. The van der Waals surface area contributed by atoms with Crippen LogP contribution in [0.5, 0.6) is 5.75 Å². The second-order valence-corrected chi connectivity index (χ2v) is 12.4. The molecule has 0 spiro atoms. The summed E-state index contributed by atoms with van der Waals surface area (Å²) in [5.74, 6) is 0.320. The van der Waals surface area contributed by atoms with Gasteiger partial charge in [0.2, 0.25) is 10.0 Å². The van der Waals surface area contributed by atoms with Gasteiger partial charge >= 0.3 is 5.97 Å². The van der Waals surface area contributed by atoms with E-state index in [0.29, 0.717) is 17.0 Å². The van der Waals surface area contributed by atoms with Crippen LogP contribution in [0.4, 0.5) is 5.69 Å². The van der Waals surface area contributed by atoms with E-state index in [-0.39, 0.29) is 25.1 Å². The monoisotopic (exact) mass is 595 g/mol. The first-order valence-electron chi connectivity index (χ1n) is 14.5. The van der Waals surface area contributed by atoms with Crippen LogP contribution >= 0.6 is 0 Å². The molecule has 0 radical (unpaired) electrons. The summed E-state index contributed by atoms with van der Waals surface area (Å²) in [6, 6.07) is 12.4. The molecule has 0 aromatic heterocycles. The number of amidine groups is 2. The van der Waals surface area contributed by atoms with E-state index >= 15 is 0 Å². The van der Waals surface area contributed by atoms with Crippen molar-refractivity contribution in [2.45, 2.75) is 52.1 Å². The molecular weight excluding hydrogens is 554 g/mol. The number of ether oxygens (including phenoxy) is 2. The molecule has 2 aliphatic heterocycles. The van der Waals surface area contributed by atoms with E-state index in [1.54, 1.807) is 55.5 Å². The molecule has 0 aliphatic carbocycles. The number of nitrogens with two attached hydrogens (primary N) is 1. The number of piperidine rings is 1. The zero-order valence-corrected chi connectivity index (χ0v) is 25.2. The summed E-state index contributed by atoms with van der Waals surface area (Å²) in [4.78, 5) is 19.2. The molecule has 2 aromatic rings. The normalized spacial score (nSPS) is 16.2. The topological polar surface area (TPSA) is 138 Å². The number of aryl methyl sites for hydroxylation is 1. The molecule has 4 rings (SSSR count). The van der Waals surface area contributed by atoms with E-state index in [0.717, 1.165) is 50.0 Å². The van der Waals surface area contributed by atoms with Crippen molar-refractivity contribution in [1.82, 2.24) is 4.90 Å². The minimum Gasteiger partial charge on any atom is -0.490 e. The molecule has 11 heteroatoms. The molecule has 1 saturated heterocycles. The van der Waals surface area contributed by atoms with Crippen molar-refractivity contribution in [2.24, 2.45) is 10.7 Å². The smallest absolute Gasteiger partial charge is 0.323 e. The minimum atomic E-state index is -4.05. The zero-order valence-electron chi connectivity index (χ0n) is 24.4. The van der Waals surface area contributed by atoms with E-state index in [4.69, 9.17) is 25.6 Å². The van der Waals surface area contributed by atoms with E-state index in [9.17, 15) is 13.2 Å². The standard InChI is InChI=1S/C31H41N5O5S/c1-3-40-30(37)22-42(38,39)36(17-7-9-24-8-6-10-25(21-24)31(32)33)26-12-13-28(23(2)20-26)41-27-14-18-35(19-15-27)29-11-4-5-16-34-29/h6-10,12-13,20-21,27H,3-5,11,14-19,22H2,1-2H3,(H3,32,33). The molecule has 226 valence electrons. The minimum absolute atomic E-state index is 0.00593. The number of anilines is 1. The van der Waals surface area contributed by atoms with Gasteiger partial charge in [-0.15, -0.1) is 0 Å². The van der Waals surface area contributed by atoms with Crippen LogP contribution in [0.15, 0.2) is 53.5 Å². The van der Waals surface area contributed by atoms with E-state index < -0.39 is 21.7 Å². The summed E-state index contributed by atoms with van der Waals surface area (Å²) in [5, 5.41) is 7.65. The van der Waals surface area contributed by atoms with Gasteiger partial charge in [-0.1, -0.05) is 30.4 Å². The Balaban J connectivity index is 1.48. The number of carbonyl (C=O) groups is 1. The van der Waals surface area contributed by atoms with Crippen molar-refractivity contribution in [3.05, 3.63) is 65.2 Å². The fourth-order valence-corrected chi connectivity index (χ4v) is 6.46. The Morgan fingerprint density at radius 1 is 1.19 bits per heavy atom. The van der Waals surface area contributed by atoms with Gasteiger partial charge in [-0.2, -0.15) is 0 Å². The molecule has 1 fully saturated rings. The van der Waals surface area contributed by atoms with Gasteiger partial charge in [-0.3, -0.25) is 19.5 Å². The number of nitrogens with one attached hydrogen (secondary N) is 1. The van der Waals surface area contributed by atoms with Gasteiger partial charge in [-0.25, -0.2) is 8.42 Å². The molecule has 2 aromatic carbocycles. The van der Waals surface area contributed by atoms with Crippen molar-refractivity contribution < 1.29 is 22.7 Å². The molecule has 0 bridgehead atoms. The van der Waals surface area contributed by atoms with Crippen LogP contribution in [-0.2, 0) is 19.6 Å². The maximum Gasteiger partial charge on any atom is 0.323 e. The highest BCUT2D eigenvalue weighted by Crippen LogP contribution is 2.29. The number of aliphatic imine (C=N–C) groups is 1.